The van der Waals surface area contributed by atoms with Gasteiger partial charge in [0.25, 0.3) is 11.6 Å². The van der Waals surface area contributed by atoms with Gasteiger partial charge in [-0.3, -0.25) is 14.9 Å². The summed E-state index contributed by atoms with van der Waals surface area (Å²) in [7, 11) is 0. The summed E-state index contributed by atoms with van der Waals surface area (Å²) in [5, 5.41) is 13.7. The first kappa shape index (κ1) is 15.1. The topological polar surface area (TPSA) is 85.1 Å². The van der Waals surface area contributed by atoms with Crippen LogP contribution in [0.5, 0.6) is 0 Å². The zero-order valence-electron chi connectivity index (χ0n) is 11.4. The standard InChI is InChI=1S/C14H12BrN3O3/c1-8-4-3-5-10(13(8)18(20)21)14(19)17-12-6-9(2)11(15)7-16-12/h3-7H,1-2H3,(H,16,17,19). The molecule has 0 radical (unpaired) electrons. The number of hydrogen-bond donors (Lipinski definition) is 1. The van der Waals surface area contributed by atoms with Gasteiger partial charge in [-0.2, -0.15) is 0 Å². The summed E-state index contributed by atoms with van der Waals surface area (Å²) in [6.45, 7) is 3.45. The summed E-state index contributed by atoms with van der Waals surface area (Å²) < 4.78 is 0.821. The van der Waals surface area contributed by atoms with Crippen LogP contribution in [0, 0.1) is 24.0 Å². The number of carbonyl (C=O) groups is 1. The molecule has 6 nitrogen and oxygen atoms in total. The highest BCUT2D eigenvalue weighted by atomic mass is 79.9. The second kappa shape index (κ2) is 6.01. The van der Waals surface area contributed by atoms with Gasteiger partial charge in [0.15, 0.2) is 0 Å². The number of aromatic nitrogens is 1. The Labute approximate surface area is 129 Å². The number of nitrogens with zero attached hydrogens (tertiary/aromatic N) is 2. The Morgan fingerprint density at radius 2 is 2.05 bits per heavy atom. The van der Waals surface area contributed by atoms with Gasteiger partial charge in [-0.05, 0) is 47.5 Å². The first-order chi connectivity index (χ1) is 9.90. The molecule has 21 heavy (non-hydrogen) atoms. The van der Waals surface area contributed by atoms with Gasteiger partial charge in [0.05, 0.1) is 4.92 Å². The molecule has 0 aliphatic carbocycles. The number of rotatable bonds is 3. The van der Waals surface area contributed by atoms with Crippen molar-refractivity contribution in [2.75, 3.05) is 5.32 Å². The van der Waals surface area contributed by atoms with Gasteiger partial charge in [0, 0.05) is 16.2 Å². The van der Waals surface area contributed by atoms with Gasteiger partial charge >= 0.3 is 0 Å². The molecule has 0 fully saturated rings. The maximum Gasteiger partial charge on any atom is 0.285 e. The van der Waals surface area contributed by atoms with E-state index >= 15 is 0 Å². The Morgan fingerprint density at radius 1 is 1.33 bits per heavy atom. The van der Waals surface area contributed by atoms with E-state index in [0.717, 1.165) is 10.0 Å². The maximum absolute atomic E-state index is 12.2. The third-order valence-electron chi connectivity index (χ3n) is 2.95. The van der Waals surface area contributed by atoms with Crippen LogP contribution in [-0.2, 0) is 0 Å². The van der Waals surface area contributed by atoms with Crippen LogP contribution in [0.2, 0.25) is 0 Å². The van der Waals surface area contributed by atoms with Crippen LogP contribution in [-0.4, -0.2) is 15.8 Å². The number of para-hydroxylation sites is 1. The molecule has 2 aromatic rings. The second-order valence-corrected chi connectivity index (χ2v) is 5.36. The van der Waals surface area contributed by atoms with Crippen molar-refractivity contribution in [2.45, 2.75) is 13.8 Å². The molecule has 1 aromatic heterocycles. The number of halogens is 1. The first-order valence-corrected chi connectivity index (χ1v) is 6.87. The third-order valence-corrected chi connectivity index (χ3v) is 3.78. The molecule has 1 aromatic carbocycles. The van der Waals surface area contributed by atoms with Gasteiger partial charge in [0.1, 0.15) is 11.4 Å². The van der Waals surface area contributed by atoms with E-state index in [1.165, 1.54) is 6.07 Å². The van der Waals surface area contributed by atoms with Crippen molar-refractivity contribution in [2.24, 2.45) is 0 Å². The Hall–Kier alpha value is -2.28. The maximum atomic E-state index is 12.2. The predicted molar refractivity (Wildman–Crippen MR) is 82.5 cm³/mol. The molecule has 108 valence electrons. The number of hydrogen-bond acceptors (Lipinski definition) is 4. The van der Waals surface area contributed by atoms with Crippen molar-refractivity contribution in [1.29, 1.82) is 0 Å². The largest absolute Gasteiger partial charge is 0.306 e. The van der Waals surface area contributed by atoms with Crippen LogP contribution in [0.15, 0.2) is 34.9 Å². The molecule has 2 rings (SSSR count). The highest BCUT2D eigenvalue weighted by Crippen LogP contribution is 2.24. The zero-order valence-corrected chi connectivity index (χ0v) is 13.0. The minimum absolute atomic E-state index is 0.0161. The van der Waals surface area contributed by atoms with Crippen molar-refractivity contribution in [1.82, 2.24) is 4.98 Å². The third kappa shape index (κ3) is 3.25. The van der Waals surface area contributed by atoms with Crippen LogP contribution in [0.4, 0.5) is 11.5 Å². The molecule has 0 aliphatic rings. The number of amides is 1. The predicted octanol–water partition coefficient (Wildman–Crippen LogP) is 3.62. The van der Waals surface area contributed by atoms with E-state index < -0.39 is 10.8 Å². The summed E-state index contributed by atoms with van der Waals surface area (Å²) >= 11 is 3.32. The summed E-state index contributed by atoms with van der Waals surface area (Å²) in [6.07, 6.45) is 1.57. The van der Waals surface area contributed by atoms with Crippen molar-refractivity contribution in [3.05, 3.63) is 61.7 Å². The summed E-state index contributed by atoms with van der Waals surface area (Å²) in [5.41, 5.74) is 1.16. The average Bonchev–Trinajstić information content (AvgIpc) is 2.42. The first-order valence-electron chi connectivity index (χ1n) is 6.07. The van der Waals surface area contributed by atoms with Crippen LogP contribution >= 0.6 is 15.9 Å². The molecule has 0 atom stereocenters. The van der Waals surface area contributed by atoms with E-state index in [1.807, 2.05) is 6.92 Å². The number of pyridine rings is 1. The summed E-state index contributed by atoms with van der Waals surface area (Å²) in [5.74, 6) is -0.212. The second-order valence-electron chi connectivity index (χ2n) is 4.50. The van der Waals surface area contributed by atoms with Gasteiger partial charge < -0.3 is 5.32 Å². The van der Waals surface area contributed by atoms with E-state index in [9.17, 15) is 14.9 Å². The minimum Gasteiger partial charge on any atom is -0.306 e. The number of benzene rings is 1. The monoisotopic (exact) mass is 349 g/mol. The molecule has 0 bridgehead atoms. The zero-order chi connectivity index (χ0) is 15.6. The molecular weight excluding hydrogens is 338 g/mol. The number of nitro groups is 1. The van der Waals surface area contributed by atoms with Gasteiger partial charge in [-0.25, -0.2) is 4.98 Å². The molecule has 1 N–H and O–H groups in total. The molecule has 0 saturated heterocycles. The fourth-order valence-electron chi connectivity index (χ4n) is 1.88. The van der Waals surface area contributed by atoms with Gasteiger partial charge in [-0.1, -0.05) is 12.1 Å². The van der Waals surface area contributed by atoms with Crippen molar-refractivity contribution in [3.63, 3.8) is 0 Å². The molecule has 1 amide bonds. The van der Waals surface area contributed by atoms with Crippen molar-refractivity contribution in [3.8, 4) is 0 Å². The summed E-state index contributed by atoms with van der Waals surface area (Å²) in [6, 6.07) is 6.31. The van der Waals surface area contributed by atoms with Crippen LogP contribution in [0.3, 0.4) is 0 Å². The Bertz CT molecular complexity index is 731. The normalized spacial score (nSPS) is 10.2. The van der Waals surface area contributed by atoms with E-state index in [1.54, 1.807) is 31.3 Å². The fourth-order valence-corrected chi connectivity index (χ4v) is 2.09. The average molecular weight is 350 g/mol. The lowest BCUT2D eigenvalue weighted by molar-refractivity contribution is -0.385. The fraction of sp³-hybridized carbons (Fsp3) is 0.143. The van der Waals surface area contributed by atoms with Crippen LogP contribution in [0.1, 0.15) is 21.5 Å². The van der Waals surface area contributed by atoms with E-state index in [-0.39, 0.29) is 11.3 Å². The molecule has 0 aliphatic heterocycles. The lowest BCUT2D eigenvalue weighted by Gasteiger charge is -2.07. The van der Waals surface area contributed by atoms with Crippen molar-refractivity contribution < 1.29 is 9.72 Å². The smallest absolute Gasteiger partial charge is 0.285 e. The van der Waals surface area contributed by atoms with Crippen LogP contribution in [0.25, 0.3) is 0 Å². The molecule has 0 unspecified atom stereocenters. The number of nitro benzene ring substituents is 1. The van der Waals surface area contributed by atoms with E-state index in [0.29, 0.717) is 11.4 Å². The number of anilines is 1. The lowest BCUT2D eigenvalue weighted by atomic mass is 10.1. The molecule has 7 heteroatoms. The number of nitrogens with one attached hydrogen (secondary N) is 1. The highest BCUT2D eigenvalue weighted by Gasteiger charge is 2.22. The van der Waals surface area contributed by atoms with Crippen molar-refractivity contribution >= 4 is 33.3 Å². The van der Waals surface area contributed by atoms with Gasteiger partial charge in [0.2, 0.25) is 0 Å². The lowest BCUT2D eigenvalue weighted by Crippen LogP contribution is -2.15. The quantitative estimate of drug-likeness (QED) is 0.677. The van der Waals surface area contributed by atoms with Gasteiger partial charge in [-0.15, -0.1) is 0 Å². The Balaban J connectivity index is 2.35. The highest BCUT2D eigenvalue weighted by molar-refractivity contribution is 9.10. The minimum atomic E-state index is -0.556. The molecular formula is C14H12BrN3O3. The van der Waals surface area contributed by atoms with Crippen LogP contribution < -0.4 is 5.32 Å². The SMILES string of the molecule is Cc1cc(NC(=O)c2cccc(C)c2[N+](=O)[O-])ncc1Br. The molecule has 0 spiro atoms. The summed E-state index contributed by atoms with van der Waals surface area (Å²) in [4.78, 5) is 26.8. The Morgan fingerprint density at radius 3 is 2.67 bits per heavy atom. The molecule has 1 heterocycles. The van der Waals surface area contributed by atoms with E-state index in [4.69, 9.17) is 0 Å². The molecule has 0 saturated carbocycles. The van der Waals surface area contributed by atoms with E-state index in [2.05, 4.69) is 26.2 Å². The number of aryl methyl sites for hydroxylation is 2. The Kier molecular flexibility index (Phi) is 4.32. The number of carbonyl (C=O) groups excluding carboxylic acids is 1.